The van der Waals surface area contributed by atoms with Gasteiger partial charge < -0.3 is 4.74 Å². The SMILES string of the molecule is COc1ccc(-c2cc3cnncc3s2)cc1. The number of benzene rings is 1. The summed E-state index contributed by atoms with van der Waals surface area (Å²) >= 11 is 1.72. The van der Waals surface area contributed by atoms with E-state index in [0.29, 0.717) is 0 Å². The Hall–Kier alpha value is -1.94. The Morgan fingerprint density at radius 3 is 2.53 bits per heavy atom. The van der Waals surface area contributed by atoms with E-state index in [-0.39, 0.29) is 0 Å². The Bertz CT molecular complexity index is 613. The summed E-state index contributed by atoms with van der Waals surface area (Å²) in [5.74, 6) is 0.873. The molecule has 3 nitrogen and oxygen atoms in total. The topological polar surface area (TPSA) is 35.0 Å². The average molecular weight is 242 g/mol. The number of thiophene rings is 1. The van der Waals surface area contributed by atoms with Gasteiger partial charge in [-0.1, -0.05) is 0 Å². The summed E-state index contributed by atoms with van der Waals surface area (Å²) in [6.45, 7) is 0. The lowest BCUT2D eigenvalue weighted by Gasteiger charge is -2.00. The highest BCUT2D eigenvalue weighted by molar-refractivity contribution is 7.22. The number of ether oxygens (including phenoxy) is 1. The Morgan fingerprint density at radius 2 is 1.82 bits per heavy atom. The fourth-order valence-corrected chi connectivity index (χ4v) is 2.71. The van der Waals surface area contributed by atoms with Crippen molar-refractivity contribution in [2.75, 3.05) is 7.11 Å². The van der Waals surface area contributed by atoms with Gasteiger partial charge in [-0.05, 0) is 35.9 Å². The zero-order chi connectivity index (χ0) is 11.7. The molecule has 0 radical (unpaired) electrons. The zero-order valence-corrected chi connectivity index (χ0v) is 10.1. The van der Waals surface area contributed by atoms with Crippen LogP contribution in [0.5, 0.6) is 5.75 Å². The lowest BCUT2D eigenvalue weighted by molar-refractivity contribution is 0.415. The van der Waals surface area contributed by atoms with Crippen LogP contribution in [-0.4, -0.2) is 17.3 Å². The quantitative estimate of drug-likeness (QED) is 0.691. The molecule has 0 aliphatic carbocycles. The predicted molar refractivity (Wildman–Crippen MR) is 69.4 cm³/mol. The Morgan fingerprint density at radius 1 is 1.06 bits per heavy atom. The van der Waals surface area contributed by atoms with Crippen molar-refractivity contribution in [3.05, 3.63) is 42.7 Å². The van der Waals surface area contributed by atoms with Gasteiger partial charge in [0, 0.05) is 10.3 Å². The van der Waals surface area contributed by atoms with Crippen molar-refractivity contribution in [2.24, 2.45) is 0 Å². The summed E-state index contributed by atoms with van der Waals surface area (Å²) in [6.07, 6.45) is 3.59. The number of hydrogen-bond donors (Lipinski definition) is 0. The summed E-state index contributed by atoms with van der Waals surface area (Å²) in [7, 11) is 1.67. The second kappa shape index (κ2) is 4.14. The highest BCUT2D eigenvalue weighted by Gasteiger charge is 2.04. The maximum atomic E-state index is 5.15. The molecule has 0 spiro atoms. The molecule has 1 aromatic carbocycles. The first-order valence-electron chi connectivity index (χ1n) is 5.21. The molecule has 0 unspecified atom stereocenters. The molecule has 0 N–H and O–H groups in total. The third kappa shape index (κ3) is 1.87. The number of nitrogens with zero attached hydrogens (tertiary/aromatic N) is 2. The largest absolute Gasteiger partial charge is 0.497 e. The second-order valence-corrected chi connectivity index (χ2v) is 4.73. The van der Waals surface area contributed by atoms with Crippen LogP contribution in [0.15, 0.2) is 42.7 Å². The molecule has 0 saturated heterocycles. The van der Waals surface area contributed by atoms with Gasteiger partial charge in [0.15, 0.2) is 0 Å². The molecule has 0 bridgehead atoms. The molecule has 2 heterocycles. The van der Waals surface area contributed by atoms with Gasteiger partial charge in [0.2, 0.25) is 0 Å². The minimum atomic E-state index is 0.873. The smallest absolute Gasteiger partial charge is 0.118 e. The zero-order valence-electron chi connectivity index (χ0n) is 9.25. The minimum absolute atomic E-state index is 0.873. The fraction of sp³-hybridized carbons (Fsp3) is 0.0769. The van der Waals surface area contributed by atoms with E-state index in [9.17, 15) is 0 Å². The molecule has 0 saturated carbocycles. The Kier molecular flexibility index (Phi) is 2.49. The van der Waals surface area contributed by atoms with E-state index in [2.05, 4.69) is 28.4 Å². The van der Waals surface area contributed by atoms with Gasteiger partial charge in [-0.25, -0.2) is 0 Å². The maximum Gasteiger partial charge on any atom is 0.118 e. The van der Waals surface area contributed by atoms with Gasteiger partial charge in [-0.15, -0.1) is 11.3 Å². The summed E-state index contributed by atoms with van der Waals surface area (Å²) < 4.78 is 6.31. The van der Waals surface area contributed by atoms with E-state index in [1.807, 2.05) is 12.1 Å². The van der Waals surface area contributed by atoms with Crippen molar-refractivity contribution in [1.82, 2.24) is 10.2 Å². The molecule has 0 aliphatic rings. The summed E-state index contributed by atoms with van der Waals surface area (Å²) in [5.41, 5.74) is 1.19. The van der Waals surface area contributed by atoms with Crippen LogP contribution in [0.25, 0.3) is 20.5 Å². The number of methoxy groups -OCH3 is 1. The van der Waals surface area contributed by atoms with Crippen LogP contribution in [0, 0.1) is 0 Å². The monoisotopic (exact) mass is 242 g/mol. The molecule has 0 fully saturated rings. The first-order valence-corrected chi connectivity index (χ1v) is 6.03. The molecule has 3 rings (SSSR count). The van der Waals surface area contributed by atoms with E-state index < -0.39 is 0 Å². The fourth-order valence-electron chi connectivity index (χ4n) is 1.70. The molecule has 17 heavy (non-hydrogen) atoms. The van der Waals surface area contributed by atoms with Crippen molar-refractivity contribution in [2.45, 2.75) is 0 Å². The highest BCUT2D eigenvalue weighted by atomic mass is 32.1. The van der Waals surface area contributed by atoms with E-state index >= 15 is 0 Å². The van der Waals surface area contributed by atoms with Gasteiger partial charge >= 0.3 is 0 Å². The van der Waals surface area contributed by atoms with E-state index in [1.54, 1.807) is 30.8 Å². The highest BCUT2D eigenvalue weighted by Crippen LogP contribution is 2.33. The maximum absolute atomic E-state index is 5.15. The van der Waals surface area contributed by atoms with E-state index in [0.717, 1.165) is 15.8 Å². The van der Waals surface area contributed by atoms with Crippen molar-refractivity contribution < 1.29 is 4.74 Å². The van der Waals surface area contributed by atoms with Gasteiger partial charge in [0.1, 0.15) is 5.75 Å². The van der Waals surface area contributed by atoms with Crippen LogP contribution in [0.4, 0.5) is 0 Å². The van der Waals surface area contributed by atoms with Crippen molar-refractivity contribution in [1.29, 1.82) is 0 Å². The molecule has 3 aromatic rings. The Labute approximate surface area is 103 Å². The third-order valence-electron chi connectivity index (χ3n) is 2.60. The molecular formula is C13H10N2OS. The third-order valence-corrected chi connectivity index (χ3v) is 3.74. The number of aromatic nitrogens is 2. The molecule has 2 aromatic heterocycles. The van der Waals surface area contributed by atoms with Crippen molar-refractivity contribution in [3.8, 4) is 16.2 Å². The van der Waals surface area contributed by atoms with Crippen molar-refractivity contribution in [3.63, 3.8) is 0 Å². The van der Waals surface area contributed by atoms with E-state index in [1.165, 1.54) is 10.4 Å². The van der Waals surface area contributed by atoms with E-state index in [4.69, 9.17) is 4.74 Å². The van der Waals surface area contributed by atoms with Crippen molar-refractivity contribution >= 4 is 21.4 Å². The van der Waals surface area contributed by atoms with Crippen LogP contribution in [0.2, 0.25) is 0 Å². The van der Waals surface area contributed by atoms with Gasteiger partial charge in [-0.3, -0.25) is 0 Å². The van der Waals surface area contributed by atoms with Crippen LogP contribution in [0.3, 0.4) is 0 Å². The van der Waals surface area contributed by atoms with Gasteiger partial charge in [-0.2, -0.15) is 10.2 Å². The molecule has 84 valence electrons. The summed E-state index contributed by atoms with van der Waals surface area (Å²) in [4.78, 5) is 1.22. The minimum Gasteiger partial charge on any atom is -0.497 e. The number of hydrogen-bond acceptors (Lipinski definition) is 4. The van der Waals surface area contributed by atoms with Crippen LogP contribution in [-0.2, 0) is 0 Å². The molecule has 0 aliphatic heterocycles. The molecular weight excluding hydrogens is 232 g/mol. The van der Waals surface area contributed by atoms with Crippen LogP contribution in [0.1, 0.15) is 0 Å². The number of fused-ring (bicyclic) bond motifs is 1. The molecule has 4 heteroatoms. The Balaban J connectivity index is 2.07. The first kappa shape index (κ1) is 10.2. The average Bonchev–Trinajstić information content (AvgIpc) is 2.82. The normalized spacial score (nSPS) is 10.6. The molecule has 0 atom stereocenters. The molecule has 0 amide bonds. The van der Waals surface area contributed by atoms with Gasteiger partial charge in [0.05, 0.1) is 24.2 Å². The standard InChI is InChI=1S/C13H10N2OS/c1-16-11-4-2-9(3-5-11)12-6-10-7-14-15-8-13(10)17-12/h2-8H,1H3. The second-order valence-electron chi connectivity index (χ2n) is 3.65. The lowest BCUT2D eigenvalue weighted by Crippen LogP contribution is -1.81. The van der Waals surface area contributed by atoms with Crippen LogP contribution < -0.4 is 4.74 Å². The number of rotatable bonds is 2. The first-order chi connectivity index (χ1) is 8.36. The lowest BCUT2D eigenvalue weighted by atomic mass is 10.2. The van der Waals surface area contributed by atoms with Crippen LogP contribution >= 0.6 is 11.3 Å². The summed E-state index contributed by atoms with van der Waals surface area (Å²) in [6, 6.07) is 10.2. The summed E-state index contributed by atoms with van der Waals surface area (Å²) in [5, 5.41) is 8.91. The predicted octanol–water partition coefficient (Wildman–Crippen LogP) is 3.37. The van der Waals surface area contributed by atoms with Gasteiger partial charge in [0.25, 0.3) is 0 Å².